The largest absolute Gasteiger partial charge is 0.477 e. The zero-order chi connectivity index (χ0) is 24.0. The van der Waals surface area contributed by atoms with Crippen molar-refractivity contribution in [1.82, 2.24) is 10.2 Å². The molecule has 0 saturated carbocycles. The van der Waals surface area contributed by atoms with Crippen LogP contribution < -0.4 is 16.8 Å². The Labute approximate surface area is 214 Å². The van der Waals surface area contributed by atoms with Crippen molar-refractivity contribution in [3.05, 3.63) is 46.0 Å². The molecule has 0 aromatic heterocycles. The van der Waals surface area contributed by atoms with E-state index in [0.29, 0.717) is 11.4 Å². The fourth-order valence-corrected chi connectivity index (χ4v) is 6.87. The fourth-order valence-electron chi connectivity index (χ4n) is 5.22. The Morgan fingerprint density at radius 1 is 1.35 bits per heavy atom. The summed E-state index contributed by atoms with van der Waals surface area (Å²) in [6.07, 6.45) is 0.504. The molecule has 34 heavy (non-hydrogen) atoms. The highest BCUT2D eigenvalue weighted by atomic mass is 35.5. The Bertz CT molecular complexity index is 1000. The normalized spacial score (nSPS) is 29.8. The zero-order valence-corrected chi connectivity index (χ0v) is 21.5. The minimum absolute atomic E-state index is 0. The highest BCUT2D eigenvalue weighted by molar-refractivity contribution is 8.03. The summed E-state index contributed by atoms with van der Waals surface area (Å²) in [6.45, 7) is 4.28. The van der Waals surface area contributed by atoms with E-state index in [0.717, 1.165) is 29.0 Å². The molecule has 4 rings (SSSR count). The smallest absolute Gasteiger partial charge is 0.353 e. The lowest BCUT2D eigenvalue weighted by molar-refractivity contribution is -0.163. The number of rotatable bonds is 8. The monoisotopic (exact) mass is 526 g/mol. The number of carboxylic acids is 1. The highest BCUT2D eigenvalue weighted by Gasteiger charge is 2.60. The fraction of sp³-hybridized carbons (Fsp3) is 0.522. The average Bonchev–Trinajstić information content (AvgIpc) is 3.30. The number of β-lactam (4-membered cyclic amide) rings is 1. The van der Waals surface area contributed by atoms with Gasteiger partial charge in [0, 0.05) is 41.1 Å². The molecule has 0 radical (unpaired) electrons. The topological polar surface area (TPSA) is 142 Å². The predicted octanol–water partition coefficient (Wildman–Crippen LogP) is 2.07. The van der Waals surface area contributed by atoms with Gasteiger partial charge < -0.3 is 31.9 Å². The van der Waals surface area contributed by atoms with E-state index in [4.69, 9.17) is 23.7 Å². The summed E-state index contributed by atoms with van der Waals surface area (Å²) >= 11 is 6.49. The van der Waals surface area contributed by atoms with Crippen molar-refractivity contribution < 1.29 is 19.8 Å². The molecule has 1 aromatic rings. The third-order valence-corrected chi connectivity index (χ3v) is 8.56. The van der Waals surface area contributed by atoms with E-state index in [-0.39, 0.29) is 53.3 Å². The van der Waals surface area contributed by atoms with Gasteiger partial charge in [0.1, 0.15) is 5.70 Å². The van der Waals surface area contributed by atoms with Gasteiger partial charge in [0.15, 0.2) is 0 Å². The maximum atomic E-state index is 12.5. The van der Waals surface area contributed by atoms with Crippen LogP contribution in [0.1, 0.15) is 49.9 Å². The number of nitrogens with zero attached hydrogens (tertiary/aromatic N) is 1. The van der Waals surface area contributed by atoms with Gasteiger partial charge >= 0.3 is 5.97 Å². The standard InChI is InChI=1S/C23H30N4O4S2.ClH/c1-10-19-18(11(2)28)22(29)27(19)20(23(30)31)21(10)33-14-7-16(26-9-14)13-5-3-12(4-6-13)15(24)8-17(25)32;/h3-6,10-11,14-16,18-19,26,28H,7-9,24H2,1-2H3,(H2,25,32)(H,30,31);1H/t10-,11-,14+,15?,16-,18-,19-;/m1./s1. The number of thiocarbonyl (C=S) groups is 1. The molecule has 0 aliphatic carbocycles. The second-order valence-electron chi connectivity index (χ2n) is 9.15. The number of aliphatic hydroxyl groups is 1. The summed E-state index contributed by atoms with van der Waals surface area (Å²) in [5.74, 6) is -2.05. The van der Waals surface area contributed by atoms with Gasteiger partial charge in [-0.2, -0.15) is 0 Å². The van der Waals surface area contributed by atoms with Crippen molar-refractivity contribution in [3.8, 4) is 0 Å². The van der Waals surface area contributed by atoms with Gasteiger partial charge in [-0.15, -0.1) is 24.2 Å². The Morgan fingerprint density at radius 3 is 2.56 bits per heavy atom. The number of aliphatic hydroxyl groups excluding tert-OH is 1. The summed E-state index contributed by atoms with van der Waals surface area (Å²) in [5.41, 5.74) is 13.9. The first-order valence-corrected chi connectivity index (χ1v) is 12.4. The van der Waals surface area contributed by atoms with Crippen molar-refractivity contribution >= 4 is 53.3 Å². The maximum Gasteiger partial charge on any atom is 0.353 e. The summed E-state index contributed by atoms with van der Waals surface area (Å²) in [4.78, 5) is 27.0. The number of halogens is 1. The van der Waals surface area contributed by atoms with Crippen molar-refractivity contribution in [3.63, 3.8) is 0 Å². The molecule has 1 unspecified atom stereocenters. The predicted molar refractivity (Wildman–Crippen MR) is 138 cm³/mol. The van der Waals surface area contributed by atoms with E-state index < -0.39 is 18.0 Å². The molecular formula is C23H31ClN4O4S2. The van der Waals surface area contributed by atoms with Crippen LogP contribution in [0.2, 0.25) is 0 Å². The molecule has 1 amide bonds. The van der Waals surface area contributed by atoms with Gasteiger partial charge in [-0.25, -0.2) is 4.79 Å². The van der Waals surface area contributed by atoms with Crippen LogP contribution in [-0.4, -0.2) is 55.9 Å². The van der Waals surface area contributed by atoms with E-state index >= 15 is 0 Å². The molecule has 1 aromatic carbocycles. The lowest BCUT2D eigenvalue weighted by atomic mass is 9.79. The number of nitrogens with two attached hydrogens (primary N) is 2. The van der Waals surface area contributed by atoms with E-state index in [9.17, 15) is 19.8 Å². The lowest BCUT2D eigenvalue weighted by Crippen LogP contribution is -2.63. The summed E-state index contributed by atoms with van der Waals surface area (Å²) in [5, 5.41) is 23.5. The molecule has 0 spiro atoms. The second-order valence-corrected chi connectivity index (χ2v) is 11.0. The molecule has 3 aliphatic rings. The number of carboxylic acid groups (broad SMARTS) is 1. The van der Waals surface area contributed by atoms with Crippen LogP contribution in [-0.2, 0) is 9.59 Å². The first kappa shape index (κ1) is 26.9. The SMILES string of the molecule is C[C@@H](O)[C@H]1C(=O)N2C(C(=O)O)=C(S[C@@H]3CN[C@@H](c4ccc(C(N)CC(N)=S)cc4)C3)[C@H](C)[C@H]12.Cl. The zero-order valence-electron chi connectivity index (χ0n) is 19.0. The second kappa shape index (κ2) is 10.5. The highest BCUT2D eigenvalue weighted by Crippen LogP contribution is 2.52. The van der Waals surface area contributed by atoms with Crippen LogP contribution in [0.4, 0.5) is 0 Å². The van der Waals surface area contributed by atoms with E-state index in [1.54, 1.807) is 18.7 Å². The van der Waals surface area contributed by atoms with E-state index in [2.05, 4.69) is 17.4 Å². The Morgan fingerprint density at radius 2 is 2.00 bits per heavy atom. The molecule has 11 heteroatoms. The van der Waals surface area contributed by atoms with Gasteiger partial charge in [0.2, 0.25) is 5.91 Å². The molecule has 7 atom stereocenters. The molecule has 8 nitrogen and oxygen atoms in total. The van der Waals surface area contributed by atoms with Crippen LogP contribution in [0.15, 0.2) is 34.9 Å². The van der Waals surface area contributed by atoms with Crippen molar-refractivity contribution in [2.45, 2.75) is 56.2 Å². The Kier molecular flexibility index (Phi) is 8.32. The number of aliphatic carboxylic acids is 1. The van der Waals surface area contributed by atoms with Crippen molar-refractivity contribution in [1.29, 1.82) is 0 Å². The Balaban J connectivity index is 0.00000324. The summed E-state index contributed by atoms with van der Waals surface area (Å²) in [7, 11) is 0. The molecule has 3 aliphatic heterocycles. The molecule has 2 saturated heterocycles. The number of thioether (sulfide) groups is 1. The number of nitrogens with one attached hydrogen (secondary N) is 1. The van der Waals surface area contributed by atoms with Crippen molar-refractivity contribution in [2.24, 2.45) is 23.3 Å². The van der Waals surface area contributed by atoms with Crippen LogP contribution in [0.3, 0.4) is 0 Å². The number of hydrogen-bond acceptors (Lipinski definition) is 7. The summed E-state index contributed by atoms with van der Waals surface area (Å²) in [6, 6.07) is 7.75. The maximum absolute atomic E-state index is 12.5. The molecular weight excluding hydrogens is 496 g/mol. The van der Waals surface area contributed by atoms with E-state index in [1.807, 2.05) is 19.1 Å². The third kappa shape index (κ3) is 4.84. The first-order valence-electron chi connectivity index (χ1n) is 11.1. The molecule has 3 heterocycles. The number of fused-ring (bicyclic) bond motifs is 1. The number of carbonyl (C=O) groups excluding carboxylic acids is 1. The van der Waals surface area contributed by atoms with Crippen LogP contribution in [0.25, 0.3) is 0 Å². The number of amides is 1. The van der Waals surface area contributed by atoms with E-state index in [1.165, 1.54) is 4.90 Å². The molecule has 7 N–H and O–H groups in total. The number of carbonyl (C=O) groups is 2. The van der Waals surface area contributed by atoms with Gasteiger partial charge in [-0.1, -0.05) is 43.4 Å². The molecule has 0 bridgehead atoms. The minimum atomic E-state index is -1.09. The van der Waals surface area contributed by atoms with Crippen LogP contribution in [0, 0.1) is 11.8 Å². The van der Waals surface area contributed by atoms with Crippen LogP contribution >= 0.6 is 36.4 Å². The van der Waals surface area contributed by atoms with Gasteiger partial charge in [0.25, 0.3) is 0 Å². The number of benzene rings is 1. The summed E-state index contributed by atoms with van der Waals surface area (Å²) < 4.78 is 0. The quantitative estimate of drug-likeness (QED) is 0.254. The average molecular weight is 527 g/mol. The molecule has 2 fully saturated rings. The molecule has 186 valence electrons. The lowest BCUT2D eigenvalue weighted by Gasteiger charge is -2.46. The number of hydrogen-bond donors (Lipinski definition) is 5. The first-order chi connectivity index (χ1) is 15.6. The third-order valence-electron chi connectivity index (χ3n) is 6.88. The van der Waals surface area contributed by atoms with Gasteiger partial charge in [-0.3, -0.25) is 4.79 Å². The minimum Gasteiger partial charge on any atom is -0.477 e. The van der Waals surface area contributed by atoms with Gasteiger partial charge in [-0.05, 0) is 24.5 Å². The van der Waals surface area contributed by atoms with Crippen molar-refractivity contribution in [2.75, 3.05) is 6.54 Å². The Hall–Kier alpha value is -1.69. The van der Waals surface area contributed by atoms with Gasteiger partial charge in [0.05, 0.1) is 23.1 Å². The van der Waals surface area contributed by atoms with Crippen LogP contribution in [0.5, 0.6) is 0 Å².